The van der Waals surface area contributed by atoms with Crippen LogP contribution in [0.1, 0.15) is 20.8 Å². The van der Waals surface area contributed by atoms with Crippen molar-refractivity contribution in [2.45, 2.75) is 205 Å². The second-order valence-electron chi connectivity index (χ2n) is 18.2. The van der Waals surface area contributed by atoms with Gasteiger partial charge in [0.25, 0.3) is 0 Å². The summed E-state index contributed by atoms with van der Waals surface area (Å²) in [6.45, 7) is -1.63. The maximum Gasteiger partial charge on any atom is 0.217 e. The van der Waals surface area contributed by atoms with Gasteiger partial charge in [0, 0.05) is 13.8 Å². The molecule has 32 nitrogen and oxygen atoms in total. The quantitative estimate of drug-likeness (QED) is 0.0643. The Balaban J connectivity index is 1.35. The molecule has 19 N–H and O–H groups in total. The van der Waals surface area contributed by atoms with Gasteiger partial charge in [-0.15, -0.1) is 0 Å². The fourth-order valence-electron chi connectivity index (χ4n) is 9.23. The monoisotopic (exact) mass is 1060 g/mol. The molecule has 0 bridgehead atoms. The van der Waals surface area contributed by atoms with Gasteiger partial charge >= 0.3 is 0 Å². The fraction of sp³-hybridized carbons (Fsp3) is 0.950. The predicted molar refractivity (Wildman–Crippen MR) is 221 cm³/mol. The second kappa shape index (κ2) is 25.3. The highest BCUT2D eigenvalue weighted by atomic mass is 16.8. The summed E-state index contributed by atoms with van der Waals surface area (Å²) in [4.78, 5) is 25.0. The third-order valence-electron chi connectivity index (χ3n) is 13.2. The first-order valence-corrected chi connectivity index (χ1v) is 23.0. The van der Waals surface area contributed by atoms with Crippen LogP contribution in [0.15, 0.2) is 0 Å². The minimum Gasteiger partial charge on any atom is -0.394 e. The maximum atomic E-state index is 13.0. The van der Waals surface area contributed by atoms with E-state index in [4.69, 9.17) is 52.1 Å². The van der Waals surface area contributed by atoms with Gasteiger partial charge in [0.15, 0.2) is 37.7 Å². The number of nitrogens with one attached hydrogen (secondary N) is 2. The molecule has 32 heteroatoms. The van der Waals surface area contributed by atoms with Crippen molar-refractivity contribution in [1.29, 1.82) is 0 Å². The van der Waals surface area contributed by atoms with E-state index in [0.29, 0.717) is 0 Å². The average Bonchev–Trinajstić information content (AvgIpc) is 3.34. The third kappa shape index (κ3) is 12.5. The lowest BCUT2D eigenvalue weighted by Crippen LogP contribution is -2.71. The molecule has 6 aliphatic rings. The molecule has 418 valence electrons. The van der Waals surface area contributed by atoms with Crippen molar-refractivity contribution in [2.24, 2.45) is 0 Å². The average molecular weight is 1060 g/mol. The van der Waals surface area contributed by atoms with Crippen LogP contribution in [0.5, 0.6) is 0 Å². The van der Waals surface area contributed by atoms with Crippen molar-refractivity contribution in [1.82, 2.24) is 10.6 Å². The van der Waals surface area contributed by atoms with Crippen LogP contribution in [0.3, 0.4) is 0 Å². The van der Waals surface area contributed by atoms with E-state index in [2.05, 4.69) is 10.6 Å². The summed E-state index contributed by atoms with van der Waals surface area (Å²) in [5, 5.41) is 188. The summed E-state index contributed by atoms with van der Waals surface area (Å²) in [6.07, 6.45) is -53.7. The molecule has 6 heterocycles. The molecule has 0 aromatic rings. The Hall–Kier alpha value is -2.18. The smallest absolute Gasteiger partial charge is 0.217 e. The molecule has 0 aromatic heterocycles. The molecule has 6 rings (SSSR count). The van der Waals surface area contributed by atoms with Crippen LogP contribution in [-0.4, -0.2) is 316 Å². The molecule has 0 spiro atoms. The van der Waals surface area contributed by atoms with Crippen LogP contribution in [0.4, 0.5) is 0 Å². The maximum absolute atomic E-state index is 13.0. The van der Waals surface area contributed by atoms with Crippen molar-refractivity contribution in [3.8, 4) is 0 Å². The Labute approximate surface area is 408 Å². The minimum absolute atomic E-state index is 0.749. The van der Waals surface area contributed by atoms with Gasteiger partial charge in [-0.3, -0.25) is 9.59 Å². The van der Waals surface area contributed by atoms with Gasteiger partial charge in [-0.2, -0.15) is 0 Å². The van der Waals surface area contributed by atoms with Crippen LogP contribution >= 0.6 is 0 Å². The highest BCUT2D eigenvalue weighted by Gasteiger charge is 2.59. The van der Waals surface area contributed by atoms with E-state index in [0.717, 1.165) is 13.8 Å². The molecule has 0 aliphatic carbocycles. The Morgan fingerprint density at radius 2 is 0.708 bits per heavy atom. The molecular formula is C40H68N2O30. The summed E-state index contributed by atoms with van der Waals surface area (Å²) < 4.78 is 63.8. The van der Waals surface area contributed by atoms with E-state index in [1.807, 2.05) is 0 Å². The van der Waals surface area contributed by atoms with Crippen molar-refractivity contribution in [3.05, 3.63) is 0 Å². The summed E-state index contributed by atoms with van der Waals surface area (Å²) in [5.41, 5.74) is 0. The second-order valence-corrected chi connectivity index (χ2v) is 18.2. The number of hydrogen-bond donors (Lipinski definition) is 19. The van der Waals surface area contributed by atoms with Gasteiger partial charge < -0.3 is 150 Å². The largest absolute Gasteiger partial charge is 0.394 e. The molecule has 0 unspecified atom stereocenters. The van der Waals surface area contributed by atoms with Gasteiger partial charge in [-0.1, -0.05) is 0 Å². The zero-order chi connectivity index (χ0) is 53.2. The summed E-state index contributed by atoms with van der Waals surface area (Å²) in [6, 6.07) is -3.44. The number of ether oxygens (including phenoxy) is 11. The highest BCUT2D eigenvalue weighted by molar-refractivity contribution is 5.73. The van der Waals surface area contributed by atoms with E-state index >= 15 is 0 Å². The number of hydrogen-bond acceptors (Lipinski definition) is 30. The van der Waals surface area contributed by atoms with Gasteiger partial charge in [0.05, 0.1) is 39.1 Å². The van der Waals surface area contributed by atoms with Gasteiger partial charge in [0.2, 0.25) is 11.8 Å². The van der Waals surface area contributed by atoms with E-state index in [9.17, 15) is 96.4 Å². The number of aliphatic hydroxyl groups is 17. The molecule has 30 atom stereocenters. The predicted octanol–water partition coefficient (Wildman–Crippen LogP) is -12.8. The van der Waals surface area contributed by atoms with E-state index < -0.39 is 229 Å². The number of carbonyl (C=O) groups is 2. The summed E-state index contributed by atoms with van der Waals surface area (Å²) >= 11 is 0. The van der Waals surface area contributed by atoms with Gasteiger partial charge in [-0.05, 0) is 6.92 Å². The fourth-order valence-corrected chi connectivity index (χ4v) is 9.23. The molecule has 0 saturated carbocycles. The zero-order valence-electron chi connectivity index (χ0n) is 38.8. The normalized spacial score (nSPS) is 50.3. The van der Waals surface area contributed by atoms with Gasteiger partial charge in [0.1, 0.15) is 140 Å². The summed E-state index contributed by atoms with van der Waals surface area (Å²) in [7, 11) is 0. The highest BCUT2D eigenvalue weighted by Crippen LogP contribution is 2.38. The Morgan fingerprint density at radius 1 is 0.361 bits per heavy atom. The molecule has 72 heavy (non-hydrogen) atoms. The topological polar surface area (TPSA) is 504 Å². The van der Waals surface area contributed by atoms with Crippen molar-refractivity contribution < 1.29 is 149 Å². The number of rotatable bonds is 17. The third-order valence-corrected chi connectivity index (χ3v) is 13.2. The van der Waals surface area contributed by atoms with Crippen LogP contribution in [0, 0.1) is 0 Å². The Morgan fingerprint density at radius 3 is 1.24 bits per heavy atom. The molecule has 6 aliphatic heterocycles. The van der Waals surface area contributed by atoms with Crippen LogP contribution in [0.25, 0.3) is 0 Å². The van der Waals surface area contributed by atoms with Gasteiger partial charge in [-0.25, -0.2) is 0 Å². The Bertz CT molecular complexity index is 1730. The van der Waals surface area contributed by atoms with E-state index in [-0.39, 0.29) is 0 Å². The van der Waals surface area contributed by atoms with Crippen molar-refractivity contribution >= 4 is 11.8 Å². The molecule has 2 amide bonds. The molecule has 0 radical (unpaired) electrons. The molecule has 0 aromatic carbocycles. The van der Waals surface area contributed by atoms with Crippen LogP contribution < -0.4 is 10.6 Å². The SMILES string of the molecule is CC(=O)N[C@@H]1[C@@H](O[C@@H]2O[C@H](CO)[C@H](O)[C@H](O[C@@H]3O[C@H](CO)[C@@H](O)[C@H](O[C@@H]4O[C@H](CO)[C@H](O)[C@H](O[C@H]5O[C@H](CO)[C@H](O)[C@H](O)[C@H]5O)[C@H]4O[C@@H]4O[C@@H](C)[C@@H](O)[C@@H](O)[C@@H]4O)[C@H]3NC(C)=O)[C@H]2O)[C@@H](O)[C@@H](CO)O[C@@H]1O. The number of amides is 2. The molecule has 6 saturated heterocycles. The van der Waals surface area contributed by atoms with E-state index in [1.54, 1.807) is 0 Å². The first kappa shape index (κ1) is 59.1. The zero-order valence-corrected chi connectivity index (χ0v) is 38.8. The lowest BCUT2D eigenvalue weighted by atomic mass is 9.93. The lowest BCUT2D eigenvalue weighted by Gasteiger charge is -2.51. The van der Waals surface area contributed by atoms with Crippen LogP contribution in [0.2, 0.25) is 0 Å². The first-order chi connectivity index (χ1) is 34.0. The molecular weight excluding hydrogens is 988 g/mol. The number of carbonyl (C=O) groups excluding carboxylic acids is 2. The Kier molecular flexibility index (Phi) is 20.8. The van der Waals surface area contributed by atoms with Crippen LogP contribution in [-0.2, 0) is 61.7 Å². The summed E-state index contributed by atoms with van der Waals surface area (Å²) in [5.74, 6) is -1.65. The number of aliphatic hydroxyl groups excluding tert-OH is 17. The van der Waals surface area contributed by atoms with Crippen molar-refractivity contribution in [3.63, 3.8) is 0 Å². The van der Waals surface area contributed by atoms with Crippen molar-refractivity contribution in [2.75, 3.05) is 33.0 Å². The molecule has 6 fully saturated rings. The lowest BCUT2D eigenvalue weighted by molar-refractivity contribution is -0.404. The standard InChI is InChI=1S/C40H68N2O30/c1-9-19(50)25(56)27(58)37(62-9)72-34-33(71-38-28(59)26(57)20(51)12(4-43)65-38)24(55)16(8-47)67-40(34)69-31-18(42-11(3)49)36(64-14(6-45)22(31)53)70-32-23(54)15(7-46)66-39(29(32)60)68-30-17(41-10(2)48)35(61)63-13(5-44)21(30)52/h9,12-40,43-47,50-61H,4-8H2,1-3H3,(H,41,48)(H,42,49)/t9-,12+,13+,14+,15+,16+,17+,18+,19+,20-,21-,22+,23-,24-,25+,26-,27-,28+,29+,30+,31+,32-,33-,34+,35-,36-,37-,38+,39-,40-/m0/s1. The van der Waals surface area contributed by atoms with E-state index in [1.165, 1.54) is 6.92 Å². The first-order valence-electron chi connectivity index (χ1n) is 23.0. The minimum atomic E-state index is -2.20.